The molecule has 0 radical (unpaired) electrons. The quantitative estimate of drug-likeness (QED) is 0.883. The van der Waals surface area contributed by atoms with Crippen LogP contribution in [0.4, 0.5) is 4.39 Å². The summed E-state index contributed by atoms with van der Waals surface area (Å²) in [4.78, 5) is 10.8. The lowest BCUT2D eigenvalue weighted by Crippen LogP contribution is -2.26. The minimum atomic E-state index is -3.82. The van der Waals surface area contributed by atoms with Gasteiger partial charge < -0.3 is 5.11 Å². The molecule has 0 fully saturated rings. The van der Waals surface area contributed by atoms with Gasteiger partial charge in [0.15, 0.2) is 0 Å². The van der Waals surface area contributed by atoms with Crippen LogP contribution in [0.2, 0.25) is 0 Å². The molecule has 0 unspecified atom stereocenters. The average molecular weight is 329 g/mol. The molecule has 5 nitrogen and oxygen atoms in total. The van der Waals surface area contributed by atoms with E-state index in [0.29, 0.717) is 5.56 Å². The maximum absolute atomic E-state index is 12.8. The number of sulfonamides is 1. The van der Waals surface area contributed by atoms with Crippen LogP contribution in [0.15, 0.2) is 39.9 Å². The highest BCUT2D eigenvalue weighted by atomic mass is 32.2. The third-order valence-electron chi connectivity index (χ3n) is 2.79. The highest BCUT2D eigenvalue weighted by Crippen LogP contribution is 2.23. The Morgan fingerprint density at radius 1 is 1.33 bits per heavy atom. The Hall–Kier alpha value is -1.77. The van der Waals surface area contributed by atoms with Gasteiger partial charge in [0.2, 0.25) is 0 Å². The van der Waals surface area contributed by atoms with Crippen LogP contribution < -0.4 is 4.72 Å². The molecule has 0 aliphatic rings. The molecule has 1 aromatic carbocycles. The minimum absolute atomic E-state index is 0.0742. The van der Waals surface area contributed by atoms with E-state index in [4.69, 9.17) is 5.11 Å². The predicted octanol–water partition coefficient (Wildman–Crippen LogP) is 2.62. The molecule has 21 heavy (non-hydrogen) atoms. The van der Waals surface area contributed by atoms with Gasteiger partial charge in [0.05, 0.1) is 5.56 Å². The Morgan fingerprint density at radius 2 is 1.95 bits per heavy atom. The van der Waals surface area contributed by atoms with Crippen molar-refractivity contribution >= 4 is 27.3 Å². The first-order chi connectivity index (χ1) is 9.79. The van der Waals surface area contributed by atoms with Crippen molar-refractivity contribution < 1.29 is 22.7 Å². The average Bonchev–Trinajstić information content (AvgIpc) is 2.89. The zero-order valence-electron chi connectivity index (χ0n) is 10.9. The van der Waals surface area contributed by atoms with Crippen LogP contribution in [-0.4, -0.2) is 19.5 Å². The number of carboxylic acids is 1. The fourth-order valence-corrected chi connectivity index (χ4v) is 4.08. The second kappa shape index (κ2) is 5.92. The molecular weight excluding hydrogens is 317 g/mol. The number of rotatable bonds is 5. The zero-order valence-corrected chi connectivity index (χ0v) is 12.5. The van der Waals surface area contributed by atoms with Gasteiger partial charge in [-0.2, -0.15) is 0 Å². The Kier molecular flexibility index (Phi) is 4.40. The maximum Gasteiger partial charge on any atom is 0.336 e. The van der Waals surface area contributed by atoms with E-state index in [-0.39, 0.29) is 9.77 Å². The van der Waals surface area contributed by atoms with Crippen molar-refractivity contribution in [2.45, 2.75) is 17.2 Å². The van der Waals surface area contributed by atoms with Gasteiger partial charge in [0, 0.05) is 11.4 Å². The summed E-state index contributed by atoms with van der Waals surface area (Å²) in [5.74, 6) is -1.59. The highest BCUT2D eigenvalue weighted by Gasteiger charge is 2.21. The van der Waals surface area contributed by atoms with Crippen molar-refractivity contribution in [3.8, 4) is 0 Å². The van der Waals surface area contributed by atoms with Crippen LogP contribution in [0.25, 0.3) is 0 Å². The minimum Gasteiger partial charge on any atom is -0.478 e. The van der Waals surface area contributed by atoms with Crippen molar-refractivity contribution in [1.82, 2.24) is 4.72 Å². The fraction of sp³-hybridized carbons (Fsp3) is 0.154. The lowest BCUT2D eigenvalue weighted by molar-refractivity contribution is 0.0697. The number of carboxylic acid groups (broad SMARTS) is 1. The fourth-order valence-electron chi connectivity index (χ4n) is 1.68. The second-order valence-electron chi connectivity index (χ2n) is 4.35. The van der Waals surface area contributed by atoms with E-state index in [9.17, 15) is 17.6 Å². The van der Waals surface area contributed by atoms with Gasteiger partial charge in [-0.05, 0) is 30.7 Å². The van der Waals surface area contributed by atoms with Gasteiger partial charge in [-0.1, -0.05) is 12.1 Å². The molecule has 1 aromatic heterocycles. The molecule has 0 bridgehead atoms. The summed E-state index contributed by atoms with van der Waals surface area (Å²) in [7, 11) is -3.82. The van der Waals surface area contributed by atoms with E-state index in [1.165, 1.54) is 29.6 Å². The summed E-state index contributed by atoms with van der Waals surface area (Å²) in [6, 6.07) is 6.00. The Labute approximate surface area is 125 Å². The number of hydrogen-bond donors (Lipinski definition) is 2. The molecule has 2 rings (SSSR count). The molecule has 1 atom stereocenters. The number of nitrogens with one attached hydrogen (secondary N) is 1. The summed E-state index contributed by atoms with van der Waals surface area (Å²) in [5.41, 5.74) is 0.532. The molecule has 0 saturated carbocycles. The van der Waals surface area contributed by atoms with Gasteiger partial charge in [-0.25, -0.2) is 22.3 Å². The smallest absolute Gasteiger partial charge is 0.336 e. The van der Waals surface area contributed by atoms with Crippen molar-refractivity contribution in [1.29, 1.82) is 0 Å². The first-order valence-corrected chi connectivity index (χ1v) is 8.25. The van der Waals surface area contributed by atoms with E-state index in [0.717, 1.165) is 17.4 Å². The van der Waals surface area contributed by atoms with Crippen molar-refractivity contribution in [2.75, 3.05) is 0 Å². The molecule has 2 aromatic rings. The van der Waals surface area contributed by atoms with Crippen molar-refractivity contribution in [3.63, 3.8) is 0 Å². The van der Waals surface area contributed by atoms with Crippen molar-refractivity contribution in [3.05, 3.63) is 52.7 Å². The molecule has 0 amide bonds. The summed E-state index contributed by atoms with van der Waals surface area (Å²) < 4.78 is 39.5. The van der Waals surface area contributed by atoms with Gasteiger partial charge in [-0.3, -0.25) is 0 Å². The van der Waals surface area contributed by atoms with Crippen LogP contribution in [0, 0.1) is 5.82 Å². The Bertz CT molecular complexity index is 753. The first-order valence-electron chi connectivity index (χ1n) is 5.89. The largest absolute Gasteiger partial charge is 0.478 e. The van der Waals surface area contributed by atoms with Gasteiger partial charge in [0.25, 0.3) is 10.0 Å². The number of aromatic carboxylic acids is 1. The first kappa shape index (κ1) is 15.6. The molecular formula is C13H12FNO4S2. The van der Waals surface area contributed by atoms with E-state index >= 15 is 0 Å². The topological polar surface area (TPSA) is 83.5 Å². The van der Waals surface area contributed by atoms with E-state index in [1.807, 2.05) is 0 Å². The second-order valence-corrected chi connectivity index (χ2v) is 7.21. The standard InChI is InChI=1S/C13H12FNO4S2/c1-8(9-2-4-11(14)5-3-9)15-21(18,19)12-6-10(7-20-12)13(16)17/h2-8,15H,1H3,(H,16,17)/t8-/m1/s1. The van der Waals surface area contributed by atoms with E-state index in [1.54, 1.807) is 6.92 Å². The van der Waals surface area contributed by atoms with Crippen molar-refractivity contribution in [2.24, 2.45) is 0 Å². The molecule has 0 saturated heterocycles. The Morgan fingerprint density at radius 3 is 2.48 bits per heavy atom. The number of hydrogen-bond acceptors (Lipinski definition) is 4. The van der Waals surface area contributed by atoms with Crippen LogP contribution in [0.1, 0.15) is 28.9 Å². The summed E-state index contributed by atoms with van der Waals surface area (Å²) in [6.45, 7) is 1.62. The van der Waals surface area contributed by atoms with Crippen LogP contribution >= 0.6 is 11.3 Å². The molecule has 0 aliphatic heterocycles. The third kappa shape index (κ3) is 3.66. The molecule has 112 valence electrons. The number of carbonyl (C=O) groups is 1. The zero-order chi connectivity index (χ0) is 15.6. The molecule has 8 heteroatoms. The summed E-state index contributed by atoms with van der Waals surface area (Å²) in [5, 5.41) is 10.1. The normalized spacial score (nSPS) is 13.0. The molecule has 0 spiro atoms. The van der Waals surface area contributed by atoms with Crippen LogP contribution in [0.5, 0.6) is 0 Å². The van der Waals surface area contributed by atoms with E-state index in [2.05, 4.69) is 4.72 Å². The Balaban J connectivity index is 2.20. The van der Waals surface area contributed by atoms with Gasteiger partial charge in [-0.15, -0.1) is 11.3 Å². The van der Waals surface area contributed by atoms with E-state index < -0.39 is 27.9 Å². The SMILES string of the molecule is C[C@@H](NS(=O)(=O)c1cc(C(=O)O)cs1)c1ccc(F)cc1. The number of thiophene rings is 1. The number of halogens is 1. The maximum atomic E-state index is 12.8. The molecule has 1 heterocycles. The third-order valence-corrected chi connectivity index (χ3v) is 5.77. The van der Waals surface area contributed by atoms with Gasteiger partial charge >= 0.3 is 5.97 Å². The summed E-state index contributed by atoms with van der Waals surface area (Å²) >= 11 is 0.833. The number of benzene rings is 1. The highest BCUT2D eigenvalue weighted by molar-refractivity contribution is 7.91. The summed E-state index contributed by atoms with van der Waals surface area (Å²) in [6.07, 6.45) is 0. The van der Waals surface area contributed by atoms with Crippen LogP contribution in [-0.2, 0) is 10.0 Å². The van der Waals surface area contributed by atoms with Crippen LogP contribution in [0.3, 0.4) is 0 Å². The predicted molar refractivity (Wildman–Crippen MR) is 76.4 cm³/mol. The molecule has 2 N–H and O–H groups in total. The molecule has 0 aliphatic carbocycles. The lowest BCUT2D eigenvalue weighted by atomic mass is 10.1. The monoisotopic (exact) mass is 329 g/mol. The van der Waals surface area contributed by atoms with Gasteiger partial charge in [0.1, 0.15) is 10.0 Å². The lowest BCUT2D eigenvalue weighted by Gasteiger charge is -2.13.